The van der Waals surface area contributed by atoms with Crippen molar-refractivity contribution in [2.45, 2.75) is 50.1 Å². The zero-order valence-electron chi connectivity index (χ0n) is 14.3. The van der Waals surface area contributed by atoms with Gasteiger partial charge in [0.15, 0.2) is 5.16 Å². The van der Waals surface area contributed by atoms with Gasteiger partial charge in [0.05, 0.1) is 5.39 Å². The summed E-state index contributed by atoms with van der Waals surface area (Å²) in [7, 11) is 1.88. The first kappa shape index (κ1) is 16.6. The highest BCUT2D eigenvalue weighted by molar-refractivity contribution is 7.99. The lowest BCUT2D eigenvalue weighted by atomic mass is 9.97. The van der Waals surface area contributed by atoms with Crippen LogP contribution in [-0.4, -0.2) is 39.8 Å². The molecular formula is C18H25N3OS2. The van der Waals surface area contributed by atoms with E-state index in [1.807, 2.05) is 7.05 Å². The number of aryl methyl sites for hydroxylation is 2. The molecule has 1 aliphatic carbocycles. The Morgan fingerprint density at radius 2 is 1.92 bits per heavy atom. The number of thioether (sulfide) groups is 1. The van der Waals surface area contributed by atoms with E-state index in [-0.39, 0.29) is 5.56 Å². The number of piperidine rings is 1. The molecule has 0 unspecified atom stereocenters. The van der Waals surface area contributed by atoms with Gasteiger partial charge in [0.1, 0.15) is 4.83 Å². The number of hydrogen-bond donors (Lipinski definition) is 0. The molecular weight excluding hydrogens is 338 g/mol. The zero-order chi connectivity index (χ0) is 16.5. The minimum Gasteiger partial charge on any atom is -0.303 e. The SMILES string of the molecule is Cn1c(SCCN2CCCCC2)nc2sc3c(c2c1=O)CCCC3. The lowest BCUT2D eigenvalue weighted by Gasteiger charge is -2.26. The fourth-order valence-electron chi connectivity index (χ4n) is 3.85. The third-order valence-electron chi connectivity index (χ3n) is 5.24. The van der Waals surface area contributed by atoms with E-state index in [2.05, 4.69) is 4.90 Å². The normalized spacial score (nSPS) is 18.9. The summed E-state index contributed by atoms with van der Waals surface area (Å²) in [6.45, 7) is 3.55. The van der Waals surface area contributed by atoms with Gasteiger partial charge in [-0.05, 0) is 57.2 Å². The summed E-state index contributed by atoms with van der Waals surface area (Å²) < 4.78 is 1.77. The van der Waals surface area contributed by atoms with E-state index in [0.29, 0.717) is 0 Å². The Kier molecular flexibility index (Phi) is 4.97. The molecule has 2 aliphatic rings. The third kappa shape index (κ3) is 3.16. The van der Waals surface area contributed by atoms with Gasteiger partial charge in [0, 0.05) is 24.2 Å². The second-order valence-electron chi connectivity index (χ2n) is 6.90. The number of aromatic nitrogens is 2. The Labute approximate surface area is 151 Å². The highest BCUT2D eigenvalue weighted by Crippen LogP contribution is 2.34. The van der Waals surface area contributed by atoms with Crippen LogP contribution in [0.25, 0.3) is 10.2 Å². The summed E-state index contributed by atoms with van der Waals surface area (Å²) in [6, 6.07) is 0. The molecule has 0 amide bonds. The lowest BCUT2D eigenvalue weighted by molar-refractivity contribution is 0.242. The molecule has 0 N–H and O–H groups in total. The molecule has 1 fully saturated rings. The van der Waals surface area contributed by atoms with Gasteiger partial charge in [-0.15, -0.1) is 11.3 Å². The molecule has 2 aromatic heterocycles. The highest BCUT2D eigenvalue weighted by Gasteiger charge is 2.21. The Balaban J connectivity index is 1.55. The van der Waals surface area contributed by atoms with Crippen LogP contribution in [0.1, 0.15) is 42.5 Å². The molecule has 0 atom stereocenters. The van der Waals surface area contributed by atoms with Gasteiger partial charge in [-0.3, -0.25) is 9.36 Å². The van der Waals surface area contributed by atoms with Crippen LogP contribution in [0.15, 0.2) is 9.95 Å². The minimum atomic E-state index is 0.153. The smallest absolute Gasteiger partial charge is 0.262 e. The predicted molar refractivity (Wildman–Crippen MR) is 103 cm³/mol. The van der Waals surface area contributed by atoms with Crippen LogP contribution in [0.2, 0.25) is 0 Å². The van der Waals surface area contributed by atoms with E-state index in [9.17, 15) is 4.79 Å². The van der Waals surface area contributed by atoms with Gasteiger partial charge in [0.25, 0.3) is 5.56 Å². The quantitative estimate of drug-likeness (QED) is 0.616. The van der Waals surface area contributed by atoms with Crippen molar-refractivity contribution in [1.29, 1.82) is 0 Å². The summed E-state index contributed by atoms with van der Waals surface area (Å²) >= 11 is 3.48. The number of hydrogen-bond acceptors (Lipinski definition) is 5. The number of nitrogens with zero attached hydrogens (tertiary/aromatic N) is 3. The van der Waals surface area contributed by atoms with Crippen molar-refractivity contribution in [3.8, 4) is 0 Å². The molecule has 4 rings (SSSR count). The molecule has 0 bridgehead atoms. The van der Waals surface area contributed by atoms with Crippen molar-refractivity contribution in [3.05, 3.63) is 20.8 Å². The van der Waals surface area contributed by atoms with Gasteiger partial charge < -0.3 is 4.90 Å². The van der Waals surface area contributed by atoms with Crippen LogP contribution in [0.3, 0.4) is 0 Å². The summed E-state index contributed by atoms with van der Waals surface area (Å²) in [5, 5.41) is 1.78. The van der Waals surface area contributed by atoms with Crippen molar-refractivity contribution in [3.63, 3.8) is 0 Å². The van der Waals surface area contributed by atoms with Gasteiger partial charge in [-0.25, -0.2) is 4.98 Å². The summed E-state index contributed by atoms with van der Waals surface area (Å²) in [5.41, 5.74) is 1.44. The predicted octanol–water partition coefficient (Wildman–Crippen LogP) is 3.45. The van der Waals surface area contributed by atoms with Crippen molar-refractivity contribution >= 4 is 33.3 Å². The molecule has 24 heavy (non-hydrogen) atoms. The van der Waals surface area contributed by atoms with Crippen molar-refractivity contribution in [2.75, 3.05) is 25.4 Å². The maximum Gasteiger partial charge on any atom is 0.262 e. The standard InChI is InChI=1S/C18H25N3OS2/c1-20-17(22)15-13-7-3-4-8-14(13)24-16(15)19-18(20)23-12-11-21-9-5-2-6-10-21/h2-12H2,1H3. The molecule has 130 valence electrons. The van der Waals surface area contributed by atoms with Crippen molar-refractivity contribution in [2.24, 2.45) is 7.05 Å². The summed E-state index contributed by atoms with van der Waals surface area (Å²) in [5.74, 6) is 1.01. The maximum absolute atomic E-state index is 12.9. The van der Waals surface area contributed by atoms with Crippen LogP contribution < -0.4 is 5.56 Å². The Bertz CT molecular complexity index is 790. The third-order valence-corrected chi connectivity index (χ3v) is 7.44. The van der Waals surface area contributed by atoms with E-state index in [0.717, 1.165) is 40.5 Å². The summed E-state index contributed by atoms with van der Waals surface area (Å²) in [6.07, 6.45) is 8.65. The van der Waals surface area contributed by atoms with Crippen molar-refractivity contribution < 1.29 is 0 Å². The van der Waals surface area contributed by atoms with Crippen LogP contribution in [0, 0.1) is 0 Å². The fraction of sp³-hybridized carbons (Fsp3) is 0.667. The molecule has 1 saturated heterocycles. The first-order valence-electron chi connectivity index (χ1n) is 9.10. The molecule has 0 spiro atoms. The molecule has 1 aliphatic heterocycles. The largest absolute Gasteiger partial charge is 0.303 e. The first-order valence-corrected chi connectivity index (χ1v) is 10.9. The van der Waals surface area contributed by atoms with E-state index < -0.39 is 0 Å². The monoisotopic (exact) mass is 363 g/mol. The number of thiophene rings is 1. The summed E-state index contributed by atoms with van der Waals surface area (Å²) in [4.78, 5) is 22.6. The molecule has 0 radical (unpaired) electrons. The van der Waals surface area contributed by atoms with Crippen molar-refractivity contribution in [1.82, 2.24) is 14.5 Å². The maximum atomic E-state index is 12.9. The molecule has 6 heteroatoms. The lowest BCUT2D eigenvalue weighted by Crippen LogP contribution is -2.31. The van der Waals surface area contributed by atoms with E-state index >= 15 is 0 Å². The number of rotatable bonds is 4. The molecule has 2 aromatic rings. The second kappa shape index (κ2) is 7.18. The van der Waals surface area contributed by atoms with Gasteiger partial charge >= 0.3 is 0 Å². The first-order chi connectivity index (χ1) is 11.7. The van der Waals surface area contributed by atoms with Crippen LogP contribution in [0.5, 0.6) is 0 Å². The minimum absolute atomic E-state index is 0.153. The average Bonchev–Trinajstić information content (AvgIpc) is 2.98. The van der Waals surface area contributed by atoms with Gasteiger partial charge in [0.2, 0.25) is 0 Å². The Morgan fingerprint density at radius 1 is 1.12 bits per heavy atom. The van der Waals surface area contributed by atoms with Crippen LogP contribution >= 0.6 is 23.1 Å². The average molecular weight is 364 g/mol. The molecule has 0 aromatic carbocycles. The second-order valence-corrected chi connectivity index (χ2v) is 9.05. The molecule has 3 heterocycles. The number of fused-ring (bicyclic) bond motifs is 3. The highest BCUT2D eigenvalue weighted by atomic mass is 32.2. The number of likely N-dealkylation sites (tertiary alicyclic amines) is 1. The van der Waals surface area contributed by atoms with Crippen LogP contribution in [0.4, 0.5) is 0 Å². The Morgan fingerprint density at radius 3 is 2.75 bits per heavy atom. The van der Waals surface area contributed by atoms with E-state index in [1.165, 1.54) is 55.6 Å². The molecule has 4 nitrogen and oxygen atoms in total. The van der Waals surface area contributed by atoms with Gasteiger partial charge in [-0.1, -0.05) is 18.2 Å². The zero-order valence-corrected chi connectivity index (χ0v) is 16.0. The topological polar surface area (TPSA) is 38.1 Å². The van der Waals surface area contributed by atoms with E-state index in [4.69, 9.17) is 4.98 Å². The van der Waals surface area contributed by atoms with Gasteiger partial charge in [-0.2, -0.15) is 0 Å². The van der Waals surface area contributed by atoms with E-state index in [1.54, 1.807) is 27.7 Å². The Hall–Kier alpha value is -0.850. The fourth-order valence-corrected chi connectivity index (χ4v) is 6.12. The van der Waals surface area contributed by atoms with Crippen LogP contribution in [-0.2, 0) is 19.9 Å². The molecule has 0 saturated carbocycles.